The number of fused-ring (bicyclic) bond motifs is 3. The minimum Gasteiger partial charge on any atom is -0.618 e. The molecule has 68 valence electrons. The predicted molar refractivity (Wildman–Crippen MR) is 58.3 cm³/mol. The van der Waals surface area contributed by atoms with Gasteiger partial charge >= 0.3 is 0 Å². The fourth-order valence-corrected chi connectivity index (χ4v) is 2.52. The number of thiophene rings is 1. The highest BCUT2D eigenvalue weighted by atomic mass is 32.1. The van der Waals surface area contributed by atoms with Crippen molar-refractivity contribution in [2.75, 3.05) is 0 Å². The molecule has 3 aromatic rings. The smallest absolute Gasteiger partial charge is 0.224 e. The standard InChI is InChI=1S/C11H7NOS/c13-12-5-8-6-14-7-10(8)9-3-1-2-4-11(9)12/h1-7H. The lowest BCUT2D eigenvalue weighted by molar-refractivity contribution is -0.575. The molecule has 0 saturated heterocycles. The molecule has 0 N–H and O–H groups in total. The zero-order valence-corrected chi connectivity index (χ0v) is 8.12. The van der Waals surface area contributed by atoms with E-state index in [0.29, 0.717) is 0 Å². The van der Waals surface area contributed by atoms with Crippen LogP contribution < -0.4 is 4.73 Å². The van der Waals surface area contributed by atoms with Gasteiger partial charge in [-0.15, -0.1) is 0 Å². The minimum atomic E-state index is 0.735. The van der Waals surface area contributed by atoms with Crippen LogP contribution in [-0.4, -0.2) is 0 Å². The topological polar surface area (TPSA) is 26.9 Å². The average molecular weight is 201 g/mol. The molecule has 0 fully saturated rings. The van der Waals surface area contributed by atoms with Crippen molar-refractivity contribution in [1.82, 2.24) is 0 Å². The highest BCUT2D eigenvalue weighted by molar-refractivity contribution is 7.09. The van der Waals surface area contributed by atoms with Crippen LogP contribution in [0.1, 0.15) is 0 Å². The monoisotopic (exact) mass is 201 g/mol. The van der Waals surface area contributed by atoms with Gasteiger partial charge in [0.05, 0.1) is 10.8 Å². The van der Waals surface area contributed by atoms with Crippen LogP contribution in [0.15, 0.2) is 41.2 Å². The lowest BCUT2D eigenvalue weighted by Crippen LogP contribution is -2.25. The number of para-hydroxylation sites is 1. The third-order valence-corrected chi connectivity index (χ3v) is 3.14. The molecule has 14 heavy (non-hydrogen) atoms. The zero-order valence-electron chi connectivity index (χ0n) is 7.31. The quantitative estimate of drug-likeness (QED) is 0.406. The molecule has 3 rings (SSSR count). The maximum Gasteiger partial charge on any atom is 0.224 e. The van der Waals surface area contributed by atoms with E-state index in [1.807, 2.05) is 29.6 Å². The Bertz CT molecular complexity index is 615. The molecule has 0 radical (unpaired) electrons. The Kier molecular flexibility index (Phi) is 1.49. The van der Waals surface area contributed by atoms with Crippen molar-refractivity contribution in [2.24, 2.45) is 0 Å². The van der Waals surface area contributed by atoms with E-state index in [9.17, 15) is 5.21 Å². The lowest BCUT2D eigenvalue weighted by atomic mass is 10.1. The summed E-state index contributed by atoms with van der Waals surface area (Å²) in [5, 5.41) is 18.9. The maximum atomic E-state index is 11.6. The molecule has 2 nitrogen and oxygen atoms in total. The summed E-state index contributed by atoms with van der Waals surface area (Å²) in [6.45, 7) is 0. The summed E-state index contributed by atoms with van der Waals surface area (Å²) in [5.41, 5.74) is 0.735. The van der Waals surface area contributed by atoms with Crippen LogP contribution in [0.5, 0.6) is 0 Å². The molecular weight excluding hydrogens is 194 g/mol. The van der Waals surface area contributed by atoms with Gasteiger partial charge in [0, 0.05) is 16.8 Å². The number of rotatable bonds is 0. The normalized spacial score (nSPS) is 11.1. The van der Waals surface area contributed by atoms with Crippen molar-refractivity contribution < 1.29 is 4.73 Å². The molecule has 0 aliphatic heterocycles. The first-order valence-electron chi connectivity index (χ1n) is 4.33. The molecular formula is C11H7NOS. The van der Waals surface area contributed by atoms with Gasteiger partial charge in [0.1, 0.15) is 0 Å². The minimum absolute atomic E-state index is 0.735. The number of hydrogen-bond donors (Lipinski definition) is 0. The maximum absolute atomic E-state index is 11.6. The first-order valence-corrected chi connectivity index (χ1v) is 5.27. The fourth-order valence-electron chi connectivity index (χ4n) is 1.72. The zero-order chi connectivity index (χ0) is 9.54. The van der Waals surface area contributed by atoms with Crippen LogP contribution in [0.25, 0.3) is 21.7 Å². The van der Waals surface area contributed by atoms with Crippen LogP contribution in [0.3, 0.4) is 0 Å². The van der Waals surface area contributed by atoms with Gasteiger partial charge in [0.15, 0.2) is 6.20 Å². The Balaban J connectivity index is 2.67. The molecule has 0 bridgehead atoms. The summed E-state index contributed by atoms with van der Waals surface area (Å²) in [5.74, 6) is 0. The van der Waals surface area contributed by atoms with E-state index in [-0.39, 0.29) is 0 Å². The third-order valence-electron chi connectivity index (χ3n) is 2.38. The second-order valence-corrected chi connectivity index (χ2v) is 3.96. The Labute approximate surface area is 84.6 Å². The molecule has 0 unspecified atom stereocenters. The number of hydrogen-bond acceptors (Lipinski definition) is 2. The van der Waals surface area contributed by atoms with Gasteiger partial charge in [-0.05, 0) is 11.4 Å². The van der Waals surface area contributed by atoms with Crippen LogP contribution in [-0.2, 0) is 0 Å². The second-order valence-electron chi connectivity index (χ2n) is 3.21. The van der Waals surface area contributed by atoms with Crippen molar-refractivity contribution in [1.29, 1.82) is 0 Å². The van der Waals surface area contributed by atoms with Crippen LogP contribution in [0.4, 0.5) is 0 Å². The summed E-state index contributed by atoms with van der Waals surface area (Å²) >= 11 is 1.62. The van der Waals surface area contributed by atoms with Crippen LogP contribution in [0.2, 0.25) is 0 Å². The van der Waals surface area contributed by atoms with E-state index in [1.54, 1.807) is 17.5 Å². The molecule has 0 atom stereocenters. The predicted octanol–water partition coefficient (Wildman–Crippen LogP) is 2.69. The molecule has 1 aromatic carbocycles. The highest BCUT2D eigenvalue weighted by Gasteiger charge is 2.08. The largest absolute Gasteiger partial charge is 0.618 e. The van der Waals surface area contributed by atoms with Crippen molar-refractivity contribution in [3.63, 3.8) is 0 Å². The van der Waals surface area contributed by atoms with Gasteiger partial charge in [-0.1, -0.05) is 12.1 Å². The van der Waals surface area contributed by atoms with E-state index >= 15 is 0 Å². The fraction of sp³-hybridized carbons (Fsp3) is 0. The van der Waals surface area contributed by atoms with Crippen molar-refractivity contribution in [3.05, 3.63) is 46.4 Å². The summed E-state index contributed by atoms with van der Waals surface area (Å²) in [6.07, 6.45) is 1.63. The van der Waals surface area contributed by atoms with Crippen LogP contribution >= 0.6 is 11.3 Å². The lowest BCUT2D eigenvalue weighted by Gasteiger charge is -2.01. The second kappa shape index (κ2) is 2.69. The van der Waals surface area contributed by atoms with Gasteiger partial charge < -0.3 is 5.21 Å². The highest BCUT2D eigenvalue weighted by Crippen LogP contribution is 2.25. The van der Waals surface area contributed by atoms with Crippen molar-refractivity contribution in [2.45, 2.75) is 0 Å². The summed E-state index contributed by atoms with van der Waals surface area (Å²) in [6, 6.07) is 7.67. The van der Waals surface area contributed by atoms with E-state index in [1.165, 1.54) is 0 Å². The Hall–Kier alpha value is -1.61. The molecule has 0 saturated carbocycles. The number of nitrogens with zero attached hydrogens (tertiary/aromatic N) is 1. The van der Waals surface area contributed by atoms with E-state index in [2.05, 4.69) is 5.38 Å². The van der Waals surface area contributed by atoms with Gasteiger partial charge in [-0.25, -0.2) is 0 Å². The SMILES string of the molecule is [O-][n+]1cc2cscc2c2ccccc21. The first-order chi connectivity index (χ1) is 6.86. The van der Waals surface area contributed by atoms with E-state index in [4.69, 9.17) is 0 Å². The Morgan fingerprint density at radius 2 is 1.93 bits per heavy atom. The molecule has 2 aromatic heterocycles. The average Bonchev–Trinajstić information content (AvgIpc) is 2.66. The van der Waals surface area contributed by atoms with Gasteiger partial charge in [0.25, 0.3) is 0 Å². The van der Waals surface area contributed by atoms with Crippen molar-refractivity contribution in [3.8, 4) is 0 Å². The van der Waals surface area contributed by atoms with Crippen molar-refractivity contribution >= 4 is 33.0 Å². The van der Waals surface area contributed by atoms with Gasteiger partial charge in [0.2, 0.25) is 5.52 Å². The Morgan fingerprint density at radius 1 is 1.07 bits per heavy atom. The summed E-state index contributed by atoms with van der Waals surface area (Å²) < 4.78 is 0.935. The molecule has 2 heterocycles. The number of pyridine rings is 1. The third kappa shape index (κ3) is 0.930. The molecule has 0 spiro atoms. The summed E-state index contributed by atoms with van der Waals surface area (Å²) in [4.78, 5) is 0. The molecule has 0 aliphatic carbocycles. The number of benzene rings is 1. The van der Waals surface area contributed by atoms with E-state index < -0.39 is 0 Å². The molecule has 0 aliphatic rings. The van der Waals surface area contributed by atoms with E-state index in [0.717, 1.165) is 26.4 Å². The summed E-state index contributed by atoms with van der Waals surface area (Å²) in [7, 11) is 0. The first kappa shape index (κ1) is 7.76. The molecule has 0 amide bonds. The number of aromatic nitrogens is 1. The molecule has 3 heteroatoms. The Morgan fingerprint density at radius 3 is 2.86 bits per heavy atom. The van der Waals surface area contributed by atoms with Gasteiger partial charge in [-0.2, -0.15) is 16.1 Å². The van der Waals surface area contributed by atoms with Gasteiger partial charge in [-0.3, -0.25) is 0 Å². The van der Waals surface area contributed by atoms with Crippen LogP contribution in [0, 0.1) is 5.21 Å².